The minimum Gasteiger partial charge on any atom is -0.494 e. The predicted octanol–water partition coefficient (Wildman–Crippen LogP) is 5.52. The molecule has 0 spiro atoms. The van der Waals surface area contributed by atoms with E-state index < -0.39 is 0 Å². The Kier molecular flexibility index (Phi) is 5.93. The van der Waals surface area contributed by atoms with Gasteiger partial charge in [-0.1, -0.05) is 55.0 Å². The van der Waals surface area contributed by atoms with Gasteiger partial charge in [-0.15, -0.1) is 0 Å². The molecule has 2 aliphatic heterocycles. The summed E-state index contributed by atoms with van der Waals surface area (Å²) in [5.41, 5.74) is 5.44. The van der Waals surface area contributed by atoms with E-state index in [9.17, 15) is 9.59 Å². The predicted molar refractivity (Wildman–Crippen MR) is 135 cm³/mol. The lowest BCUT2D eigenvalue weighted by Gasteiger charge is -2.32. The highest BCUT2D eigenvalue weighted by atomic mass is 16.5. The van der Waals surface area contributed by atoms with Crippen LogP contribution >= 0.6 is 0 Å². The first-order valence-corrected chi connectivity index (χ1v) is 11.9. The normalized spacial score (nSPS) is 15.7. The Morgan fingerprint density at radius 2 is 1.62 bits per heavy atom. The van der Waals surface area contributed by atoms with Crippen LogP contribution in [-0.2, 0) is 16.0 Å². The quantitative estimate of drug-likeness (QED) is 0.462. The third-order valence-electron chi connectivity index (χ3n) is 6.35. The highest BCUT2D eigenvalue weighted by molar-refractivity contribution is 6.46. The van der Waals surface area contributed by atoms with Crippen molar-refractivity contribution in [1.29, 1.82) is 0 Å². The fraction of sp³-hybridized carbons (Fsp3) is 0.241. The van der Waals surface area contributed by atoms with Crippen molar-refractivity contribution in [2.24, 2.45) is 0 Å². The molecule has 0 saturated carbocycles. The van der Waals surface area contributed by atoms with Crippen LogP contribution in [0.15, 0.2) is 78.5 Å². The number of para-hydroxylation sites is 1. The van der Waals surface area contributed by atoms with Gasteiger partial charge in [-0.25, -0.2) is 4.90 Å². The Balaban J connectivity index is 1.63. The van der Waals surface area contributed by atoms with Crippen LogP contribution in [0.5, 0.6) is 5.75 Å². The number of hydrogen-bond acceptors (Lipinski definition) is 4. The third kappa shape index (κ3) is 3.87. The van der Waals surface area contributed by atoms with E-state index >= 15 is 0 Å². The van der Waals surface area contributed by atoms with Crippen molar-refractivity contribution in [3.8, 4) is 5.75 Å². The number of carbonyl (C=O) groups excluding carboxylic acids is 2. The van der Waals surface area contributed by atoms with Crippen molar-refractivity contribution >= 4 is 28.8 Å². The fourth-order valence-corrected chi connectivity index (χ4v) is 4.66. The lowest BCUT2D eigenvalue weighted by Crippen LogP contribution is -2.37. The maximum atomic E-state index is 13.9. The van der Waals surface area contributed by atoms with Crippen molar-refractivity contribution < 1.29 is 14.3 Å². The van der Waals surface area contributed by atoms with Crippen molar-refractivity contribution in [1.82, 2.24) is 0 Å². The number of ether oxygens (including phenoxy) is 1. The molecule has 0 atom stereocenters. The van der Waals surface area contributed by atoms with Gasteiger partial charge >= 0.3 is 0 Å². The average molecular weight is 453 g/mol. The van der Waals surface area contributed by atoms with E-state index in [1.54, 1.807) is 0 Å². The molecule has 0 radical (unpaired) electrons. The van der Waals surface area contributed by atoms with Crippen LogP contribution in [0.3, 0.4) is 0 Å². The first kappa shape index (κ1) is 22.0. The number of rotatable bonds is 6. The summed E-state index contributed by atoms with van der Waals surface area (Å²) in [6, 6.07) is 23.1. The lowest BCUT2D eigenvalue weighted by atomic mass is 9.98. The second-order valence-electron chi connectivity index (χ2n) is 8.76. The van der Waals surface area contributed by atoms with Crippen molar-refractivity contribution in [3.63, 3.8) is 0 Å². The second-order valence-corrected chi connectivity index (χ2v) is 8.76. The zero-order valence-electron chi connectivity index (χ0n) is 19.6. The number of hydrogen-bond donors (Lipinski definition) is 0. The van der Waals surface area contributed by atoms with Crippen LogP contribution in [-0.4, -0.2) is 25.0 Å². The average Bonchev–Trinajstić information content (AvgIpc) is 3.13. The molecule has 2 aliphatic rings. The molecule has 172 valence electrons. The smallest absolute Gasteiger partial charge is 0.282 e. The zero-order chi connectivity index (χ0) is 23.7. The Morgan fingerprint density at radius 3 is 2.35 bits per heavy atom. The van der Waals surface area contributed by atoms with Crippen LogP contribution in [0.1, 0.15) is 36.5 Å². The molecule has 0 saturated heterocycles. The number of benzene rings is 3. The van der Waals surface area contributed by atoms with E-state index in [1.807, 2.05) is 78.6 Å². The number of imide groups is 1. The summed E-state index contributed by atoms with van der Waals surface area (Å²) in [7, 11) is 0. The lowest BCUT2D eigenvalue weighted by molar-refractivity contribution is -0.120. The van der Waals surface area contributed by atoms with Crippen molar-refractivity contribution in [2.75, 3.05) is 23.0 Å². The Hall–Kier alpha value is -3.86. The molecular formula is C29H28N2O3. The molecule has 2 amide bonds. The molecule has 0 bridgehead atoms. The van der Waals surface area contributed by atoms with Gasteiger partial charge in [0.1, 0.15) is 11.4 Å². The van der Waals surface area contributed by atoms with E-state index in [1.165, 1.54) is 10.5 Å². The van der Waals surface area contributed by atoms with Crippen LogP contribution in [0, 0.1) is 6.92 Å². The number of fused-ring (bicyclic) bond motifs is 1. The van der Waals surface area contributed by atoms with E-state index in [2.05, 4.69) is 13.0 Å². The molecule has 3 aromatic rings. The van der Waals surface area contributed by atoms with Gasteiger partial charge in [0.15, 0.2) is 0 Å². The Labute approximate surface area is 200 Å². The van der Waals surface area contributed by atoms with Crippen LogP contribution in [0.25, 0.3) is 5.57 Å². The van der Waals surface area contributed by atoms with E-state index in [-0.39, 0.29) is 11.8 Å². The topological polar surface area (TPSA) is 49.9 Å². The highest BCUT2D eigenvalue weighted by Crippen LogP contribution is 2.39. The van der Waals surface area contributed by atoms with Gasteiger partial charge in [-0.05, 0) is 67.6 Å². The van der Waals surface area contributed by atoms with Gasteiger partial charge in [-0.2, -0.15) is 0 Å². The minimum atomic E-state index is -0.297. The molecule has 3 aromatic carbocycles. The van der Waals surface area contributed by atoms with E-state index in [0.29, 0.717) is 30.1 Å². The van der Waals surface area contributed by atoms with Crippen LogP contribution in [0.4, 0.5) is 11.4 Å². The molecule has 0 aliphatic carbocycles. The first-order chi connectivity index (χ1) is 16.6. The summed E-state index contributed by atoms with van der Waals surface area (Å²) in [6.45, 7) is 5.37. The molecule has 0 fully saturated rings. The number of anilines is 2. The molecule has 2 heterocycles. The van der Waals surface area contributed by atoms with Crippen LogP contribution in [0.2, 0.25) is 0 Å². The SMILES string of the molecule is CCCOc1ccc(C2=C(N3CCCc4ccccc43)C(=O)N(c3ccc(C)cc3)C2=O)cc1. The molecule has 5 rings (SSSR count). The summed E-state index contributed by atoms with van der Waals surface area (Å²) in [6.07, 6.45) is 2.80. The van der Waals surface area contributed by atoms with Crippen LogP contribution < -0.4 is 14.5 Å². The molecule has 0 unspecified atom stereocenters. The van der Waals surface area contributed by atoms with Gasteiger partial charge in [-0.3, -0.25) is 9.59 Å². The highest BCUT2D eigenvalue weighted by Gasteiger charge is 2.43. The summed E-state index contributed by atoms with van der Waals surface area (Å²) < 4.78 is 5.72. The number of carbonyl (C=O) groups is 2. The van der Waals surface area contributed by atoms with E-state index in [0.717, 1.165) is 41.8 Å². The Morgan fingerprint density at radius 1 is 0.882 bits per heavy atom. The fourth-order valence-electron chi connectivity index (χ4n) is 4.66. The van der Waals surface area contributed by atoms with Gasteiger partial charge in [0.25, 0.3) is 11.8 Å². The number of aryl methyl sites for hydroxylation is 2. The maximum absolute atomic E-state index is 13.9. The van der Waals surface area contributed by atoms with Gasteiger partial charge in [0.2, 0.25) is 0 Å². The molecule has 5 nitrogen and oxygen atoms in total. The third-order valence-corrected chi connectivity index (χ3v) is 6.35. The van der Waals surface area contributed by atoms with Gasteiger partial charge < -0.3 is 9.64 Å². The zero-order valence-corrected chi connectivity index (χ0v) is 19.6. The van der Waals surface area contributed by atoms with Crippen molar-refractivity contribution in [3.05, 3.63) is 95.2 Å². The molecule has 0 aromatic heterocycles. The summed E-state index contributed by atoms with van der Waals surface area (Å²) >= 11 is 0. The van der Waals surface area contributed by atoms with Gasteiger partial charge in [0, 0.05) is 12.2 Å². The number of amides is 2. The first-order valence-electron chi connectivity index (χ1n) is 11.9. The standard InChI is InChI=1S/C29H28N2O3/c1-3-19-34-24-16-12-22(13-17-24)26-27(30-18-6-8-21-7-4-5-9-25(21)30)29(33)31(28(26)32)23-14-10-20(2)11-15-23/h4-5,7,9-17H,3,6,8,18-19H2,1-2H3. The largest absolute Gasteiger partial charge is 0.494 e. The second kappa shape index (κ2) is 9.18. The van der Waals surface area contributed by atoms with Crippen molar-refractivity contribution in [2.45, 2.75) is 33.1 Å². The summed E-state index contributed by atoms with van der Waals surface area (Å²) in [5, 5.41) is 0. The molecular weight excluding hydrogens is 424 g/mol. The molecule has 0 N–H and O–H groups in total. The molecule has 34 heavy (non-hydrogen) atoms. The molecule has 5 heteroatoms. The van der Waals surface area contributed by atoms with Gasteiger partial charge in [0.05, 0.1) is 17.9 Å². The number of nitrogens with zero attached hydrogens (tertiary/aromatic N) is 2. The monoisotopic (exact) mass is 452 g/mol. The Bertz CT molecular complexity index is 1260. The minimum absolute atomic E-state index is 0.285. The van der Waals surface area contributed by atoms with E-state index in [4.69, 9.17) is 4.74 Å². The summed E-state index contributed by atoms with van der Waals surface area (Å²) in [5.74, 6) is 0.171. The maximum Gasteiger partial charge on any atom is 0.282 e. The summed E-state index contributed by atoms with van der Waals surface area (Å²) in [4.78, 5) is 31.0.